The summed E-state index contributed by atoms with van der Waals surface area (Å²) in [7, 11) is 0. The van der Waals surface area contributed by atoms with Crippen molar-refractivity contribution in [2.75, 3.05) is 0 Å². The molecule has 3 aromatic rings. The largest absolute Gasteiger partial charge is 0.192 e. The van der Waals surface area contributed by atoms with Gasteiger partial charge in [-0.1, -0.05) is 54.6 Å². The van der Waals surface area contributed by atoms with Crippen molar-refractivity contribution in [2.45, 2.75) is 6.42 Å². The van der Waals surface area contributed by atoms with Gasteiger partial charge in [-0.2, -0.15) is 15.8 Å². The van der Waals surface area contributed by atoms with Crippen molar-refractivity contribution in [2.24, 2.45) is 0 Å². The van der Waals surface area contributed by atoms with Gasteiger partial charge in [-0.15, -0.1) is 0 Å². The van der Waals surface area contributed by atoms with Crippen LogP contribution in [0, 0.1) is 34.0 Å². The molecule has 0 spiro atoms. The third kappa shape index (κ3) is 2.67. The first-order chi connectivity index (χ1) is 13.3. The van der Waals surface area contributed by atoms with Crippen LogP contribution in [0.2, 0.25) is 0 Å². The fraction of sp³-hybridized carbons (Fsp3) is 0.0417. The van der Waals surface area contributed by atoms with Gasteiger partial charge in [0.1, 0.15) is 12.1 Å². The molecule has 1 aliphatic rings. The maximum atomic E-state index is 9.67. The van der Waals surface area contributed by atoms with Crippen molar-refractivity contribution in [1.82, 2.24) is 0 Å². The molecule has 0 bridgehead atoms. The fourth-order valence-electron chi connectivity index (χ4n) is 3.65. The number of hydrogen-bond acceptors (Lipinski definition) is 3. The highest BCUT2D eigenvalue weighted by atomic mass is 14.3. The summed E-state index contributed by atoms with van der Waals surface area (Å²) in [4.78, 5) is 0. The molecule has 0 heterocycles. The summed E-state index contributed by atoms with van der Waals surface area (Å²) in [5.74, 6) is 0. The molecule has 0 atom stereocenters. The standard InChI is InChI=1S/C24H13N3/c25-13-18-10-20(15-27)22(12-19(18)14-26)23-11-17-8-4-5-9-21(17)24(23)16-6-2-1-3-7-16/h1-10,12H,11H2. The molecule has 0 saturated carbocycles. The van der Waals surface area contributed by atoms with Crippen molar-refractivity contribution < 1.29 is 0 Å². The molecule has 27 heavy (non-hydrogen) atoms. The summed E-state index contributed by atoms with van der Waals surface area (Å²) in [5.41, 5.74) is 7.17. The number of nitrogens with zero attached hydrogens (tertiary/aromatic N) is 3. The van der Waals surface area contributed by atoms with Crippen LogP contribution in [0.4, 0.5) is 0 Å². The summed E-state index contributed by atoms with van der Waals surface area (Å²) in [6.07, 6.45) is 0.686. The summed E-state index contributed by atoms with van der Waals surface area (Å²) in [5, 5.41) is 28.4. The van der Waals surface area contributed by atoms with E-state index in [-0.39, 0.29) is 5.56 Å². The van der Waals surface area contributed by atoms with Crippen molar-refractivity contribution >= 4 is 11.1 Å². The quantitative estimate of drug-likeness (QED) is 0.670. The summed E-state index contributed by atoms with van der Waals surface area (Å²) >= 11 is 0. The second kappa shape index (κ2) is 6.64. The highest BCUT2D eigenvalue weighted by molar-refractivity contribution is 6.04. The third-order valence-electron chi connectivity index (χ3n) is 4.86. The topological polar surface area (TPSA) is 71.4 Å². The average Bonchev–Trinajstić information content (AvgIpc) is 3.12. The first-order valence-electron chi connectivity index (χ1n) is 8.52. The van der Waals surface area contributed by atoms with Gasteiger partial charge in [0.2, 0.25) is 0 Å². The molecular weight excluding hydrogens is 330 g/mol. The Morgan fingerprint density at radius 1 is 0.630 bits per heavy atom. The lowest BCUT2D eigenvalue weighted by Gasteiger charge is -2.12. The molecule has 0 unspecified atom stereocenters. The van der Waals surface area contributed by atoms with Gasteiger partial charge >= 0.3 is 0 Å². The van der Waals surface area contributed by atoms with Gasteiger partial charge in [-0.05, 0) is 52.0 Å². The first-order valence-corrected chi connectivity index (χ1v) is 8.52. The molecule has 0 amide bonds. The number of rotatable bonds is 2. The third-order valence-corrected chi connectivity index (χ3v) is 4.86. The van der Waals surface area contributed by atoms with Gasteiger partial charge < -0.3 is 0 Å². The Morgan fingerprint density at radius 2 is 1.26 bits per heavy atom. The number of hydrogen-bond donors (Lipinski definition) is 0. The molecule has 4 rings (SSSR count). The van der Waals surface area contributed by atoms with Crippen LogP contribution in [0.25, 0.3) is 11.1 Å². The number of benzene rings is 3. The fourth-order valence-corrected chi connectivity index (χ4v) is 3.65. The Balaban J connectivity index is 2.05. The minimum absolute atomic E-state index is 0.232. The average molecular weight is 343 g/mol. The maximum Gasteiger partial charge on any atom is 0.101 e. The molecule has 0 radical (unpaired) electrons. The molecule has 124 valence electrons. The van der Waals surface area contributed by atoms with E-state index in [4.69, 9.17) is 0 Å². The Hall–Kier alpha value is -4.13. The zero-order valence-electron chi connectivity index (χ0n) is 14.4. The second-order valence-corrected chi connectivity index (χ2v) is 6.33. The van der Waals surface area contributed by atoms with Gasteiger partial charge in [-0.3, -0.25) is 0 Å². The predicted molar refractivity (Wildman–Crippen MR) is 103 cm³/mol. The Morgan fingerprint density at radius 3 is 1.96 bits per heavy atom. The van der Waals surface area contributed by atoms with E-state index in [0.29, 0.717) is 17.5 Å². The number of nitriles is 3. The van der Waals surface area contributed by atoms with E-state index in [1.54, 1.807) is 6.07 Å². The maximum absolute atomic E-state index is 9.67. The molecule has 3 nitrogen and oxygen atoms in total. The predicted octanol–water partition coefficient (Wildman–Crippen LogP) is 4.82. The van der Waals surface area contributed by atoms with E-state index in [1.807, 2.05) is 36.4 Å². The van der Waals surface area contributed by atoms with Crippen LogP contribution in [0.3, 0.4) is 0 Å². The van der Waals surface area contributed by atoms with E-state index >= 15 is 0 Å². The van der Waals surface area contributed by atoms with E-state index in [2.05, 4.69) is 36.4 Å². The first kappa shape index (κ1) is 16.3. The van der Waals surface area contributed by atoms with Gasteiger partial charge in [0.25, 0.3) is 0 Å². The molecule has 0 saturated heterocycles. The Bertz CT molecular complexity index is 1210. The SMILES string of the molecule is N#Cc1cc(C#N)c(C2=C(c3ccccc3)c3ccccc3C2)cc1C#N. The second-order valence-electron chi connectivity index (χ2n) is 6.33. The van der Waals surface area contributed by atoms with Crippen molar-refractivity contribution in [1.29, 1.82) is 15.8 Å². The lowest BCUT2D eigenvalue weighted by atomic mass is 9.90. The van der Waals surface area contributed by atoms with Gasteiger partial charge in [0.05, 0.1) is 22.8 Å². The van der Waals surface area contributed by atoms with Crippen LogP contribution < -0.4 is 0 Å². The molecule has 0 fully saturated rings. The van der Waals surface area contributed by atoms with E-state index in [1.165, 1.54) is 11.6 Å². The lowest BCUT2D eigenvalue weighted by Crippen LogP contribution is -1.97. The number of fused-ring (bicyclic) bond motifs is 1. The molecular formula is C24H13N3. The van der Waals surface area contributed by atoms with Crippen molar-refractivity contribution in [3.63, 3.8) is 0 Å². The van der Waals surface area contributed by atoms with Gasteiger partial charge in [-0.25, -0.2) is 0 Å². The van der Waals surface area contributed by atoms with Crippen LogP contribution in [0.5, 0.6) is 0 Å². The minimum atomic E-state index is 0.232. The summed E-state index contributed by atoms with van der Waals surface area (Å²) in [6.45, 7) is 0. The van der Waals surface area contributed by atoms with Crippen LogP contribution in [-0.4, -0.2) is 0 Å². The molecule has 1 aliphatic carbocycles. The van der Waals surface area contributed by atoms with Crippen LogP contribution >= 0.6 is 0 Å². The molecule has 0 aliphatic heterocycles. The van der Waals surface area contributed by atoms with Crippen molar-refractivity contribution in [3.05, 3.63) is 106 Å². The normalized spacial score (nSPS) is 12.0. The zero-order valence-corrected chi connectivity index (χ0v) is 14.4. The summed E-state index contributed by atoms with van der Waals surface area (Å²) in [6, 6.07) is 27.8. The van der Waals surface area contributed by atoms with Crippen LogP contribution in [0.15, 0.2) is 66.7 Å². The highest BCUT2D eigenvalue weighted by Crippen LogP contribution is 2.43. The molecule has 3 heteroatoms. The highest BCUT2D eigenvalue weighted by Gasteiger charge is 2.25. The van der Waals surface area contributed by atoms with E-state index in [9.17, 15) is 15.8 Å². The molecule has 0 N–H and O–H groups in total. The monoisotopic (exact) mass is 343 g/mol. The minimum Gasteiger partial charge on any atom is -0.192 e. The van der Waals surface area contributed by atoms with Gasteiger partial charge in [0.15, 0.2) is 0 Å². The zero-order chi connectivity index (χ0) is 18.8. The lowest BCUT2D eigenvalue weighted by molar-refractivity contribution is 1.30. The van der Waals surface area contributed by atoms with Crippen LogP contribution in [-0.2, 0) is 6.42 Å². The van der Waals surface area contributed by atoms with Crippen molar-refractivity contribution in [3.8, 4) is 18.2 Å². The smallest absolute Gasteiger partial charge is 0.101 e. The van der Waals surface area contributed by atoms with Crippen LogP contribution in [0.1, 0.15) is 38.9 Å². The van der Waals surface area contributed by atoms with Gasteiger partial charge in [0, 0.05) is 0 Å². The molecule has 3 aromatic carbocycles. The van der Waals surface area contributed by atoms with E-state index in [0.717, 1.165) is 27.8 Å². The molecule has 0 aromatic heterocycles. The Labute approximate surface area is 157 Å². The summed E-state index contributed by atoms with van der Waals surface area (Å²) < 4.78 is 0. The number of allylic oxidation sites excluding steroid dienone is 1. The Kier molecular flexibility index (Phi) is 4.02. The van der Waals surface area contributed by atoms with E-state index < -0.39 is 0 Å².